The second-order valence-corrected chi connectivity index (χ2v) is 9.76. The van der Waals surface area contributed by atoms with Crippen LogP contribution in [0.5, 0.6) is 0 Å². The first-order valence-corrected chi connectivity index (χ1v) is 10.6. The zero-order valence-corrected chi connectivity index (χ0v) is 16.9. The van der Waals surface area contributed by atoms with E-state index >= 15 is 0 Å². The molecule has 0 aromatic heterocycles. The highest BCUT2D eigenvalue weighted by Gasteiger charge is 2.41. The third-order valence-electron chi connectivity index (χ3n) is 7.06. The Morgan fingerprint density at radius 2 is 1.79 bits per heavy atom. The van der Waals surface area contributed by atoms with Gasteiger partial charge in [-0.1, -0.05) is 20.8 Å². The molecule has 140 valence electrons. The van der Waals surface area contributed by atoms with Crippen molar-refractivity contribution >= 4 is 0 Å². The van der Waals surface area contributed by atoms with Gasteiger partial charge in [0.25, 0.3) is 0 Å². The fraction of sp³-hybridized carbons (Fsp3) is 1.00. The van der Waals surface area contributed by atoms with Crippen molar-refractivity contribution in [3.8, 4) is 0 Å². The zero-order chi connectivity index (χ0) is 17.3. The maximum atomic E-state index is 2.78. The van der Waals surface area contributed by atoms with Gasteiger partial charge in [0.2, 0.25) is 0 Å². The van der Waals surface area contributed by atoms with Crippen molar-refractivity contribution in [3.63, 3.8) is 0 Å². The number of piperidine rings is 1. The number of hydrogen-bond acceptors (Lipinski definition) is 3. The first-order valence-electron chi connectivity index (χ1n) is 10.6. The Kier molecular flexibility index (Phi) is 5.94. The van der Waals surface area contributed by atoms with E-state index in [0.29, 0.717) is 5.41 Å². The van der Waals surface area contributed by atoms with Crippen LogP contribution in [0.4, 0.5) is 0 Å². The molecule has 2 atom stereocenters. The van der Waals surface area contributed by atoms with Gasteiger partial charge in [-0.2, -0.15) is 0 Å². The minimum Gasteiger partial charge on any atom is -0.300 e. The van der Waals surface area contributed by atoms with E-state index in [9.17, 15) is 0 Å². The van der Waals surface area contributed by atoms with E-state index in [1.54, 1.807) is 0 Å². The molecule has 3 aliphatic heterocycles. The molecule has 3 aliphatic rings. The van der Waals surface area contributed by atoms with Gasteiger partial charge in [0.1, 0.15) is 0 Å². The number of hydrogen-bond donors (Lipinski definition) is 0. The van der Waals surface area contributed by atoms with Gasteiger partial charge in [0.05, 0.1) is 0 Å². The van der Waals surface area contributed by atoms with E-state index in [4.69, 9.17) is 0 Å². The quantitative estimate of drug-likeness (QED) is 0.702. The lowest BCUT2D eigenvalue weighted by Crippen LogP contribution is -2.63. The molecular formula is C21H41N3. The Hall–Kier alpha value is -0.120. The van der Waals surface area contributed by atoms with Gasteiger partial charge in [-0.15, -0.1) is 0 Å². The van der Waals surface area contributed by atoms with Crippen LogP contribution in [0, 0.1) is 11.3 Å². The van der Waals surface area contributed by atoms with Crippen LogP contribution in [-0.2, 0) is 0 Å². The molecule has 3 nitrogen and oxygen atoms in total. The molecule has 0 saturated carbocycles. The van der Waals surface area contributed by atoms with Crippen molar-refractivity contribution < 1.29 is 0 Å². The summed E-state index contributed by atoms with van der Waals surface area (Å²) >= 11 is 0. The first-order chi connectivity index (χ1) is 11.4. The Morgan fingerprint density at radius 1 is 1.08 bits per heavy atom. The van der Waals surface area contributed by atoms with E-state index in [1.165, 1.54) is 71.4 Å². The van der Waals surface area contributed by atoms with Crippen molar-refractivity contribution in [2.24, 2.45) is 11.3 Å². The van der Waals surface area contributed by atoms with Crippen LogP contribution in [0.1, 0.15) is 66.7 Å². The van der Waals surface area contributed by atoms with Crippen LogP contribution in [0.25, 0.3) is 0 Å². The lowest BCUT2D eigenvalue weighted by molar-refractivity contribution is -0.0380. The molecule has 0 aromatic carbocycles. The minimum atomic E-state index is 0.588. The number of nitrogens with zero attached hydrogens (tertiary/aromatic N) is 3. The van der Waals surface area contributed by atoms with E-state index in [1.807, 2.05) is 0 Å². The average molecular weight is 336 g/mol. The topological polar surface area (TPSA) is 9.72 Å². The summed E-state index contributed by atoms with van der Waals surface area (Å²) in [6, 6.07) is 2.41. The Labute approximate surface area is 150 Å². The van der Waals surface area contributed by atoms with E-state index < -0.39 is 0 Å². The largest absolute Gasteiger partial charge is 0.300 e. The van der Waals surface area contributed by atoms with E-state index in [-0.39, 0.29) is 0 Å². The Bertz CT molecular complexity index is 396. The molecule has 3 heteroatoms. The van der Waals surface area contributed by atoms with E-state index in [0.717, 1.165) is 24.0 Å². The molecule has 0 amide bonds. The predicted octanol–water partition coefficient (Wildman–Crippen LogP) is 3.69. The summed E-state index contributed by atoms with van der Waals surface area (Å²) in [7, 11) is 0. The minimum absolute atomic E-state index is 0.588. The van der Waals surface area contributed by atoms with Crippen molar-refractivity contribution in [2.45, 2.75) is 84.8 Å². The average Bonchev–Trinajstić information content (AvgIpc) is 2.46. The molecule has 2 unspecified atom stereocenters. The van der Waals surface area contributed by atoms with Crippen LogP contribution >= 0.6 is 0 Å². The highest BCUT2D eigenvalue weighted by atomic mass is 15.3. The molecule has 3 rings (SSSR count). The van der Waals surface area contributed by atoms with E-state index in [2.05, 4.69) is 49.3 Å². The summed E-state index contributed by atoms with van der Waals surface area (Å²) in [4.78, 5) is 8.19. The van der Waals surface area contributed by atoms with Gasteiger partial charge in [-0.05, 0) is 63.8 Å². The molecule has 3 saturated heterocycles. The van der Waals surface area contributed by atoms with Crippen LogP contribution in [0.15, 0.2) is 0 Å². The molecule has 24 heavy (non-hydrogen) atoms. The summed E-state index contributed by atoms with van der Waals surface area (Å²) in [6.45, 7) is 20.0. The fourth-order valence-corrected chi connectivity index (χ4v) is 5.19. The molecule has 0 spiro atoms. The fourth-order valence-electron chi connectivity index (χ4n) is 5.19. The smallest absolute Gasteiger partial charge is 0.0350 e. The summed E-state index contributed by atoms with van der Waals surface area (Å²) in [5, 5.41) is 0. The molecule has 0 radical (unpaired) electrons. The van der Waals surface area contributed by atoms with Crippen LogP contribution in [0.3, 0.4) is 0 Å². The Balaban J connectivity index is 1.39. The first kappa shape index (κ1) is 18.7. The third-order valence-corrected chi connectivity index (χ3v) is 7.06. The summed E-state index contributed by atoms with van der Waals surface area (Å²) < 4.78 is 0. The third kappa shape index (κ3) is 4.16. The summed E-state index contributed by atoms with van der Waals surface area (Å²) in [5.41, 5.74) is 0.588. The lowest BCUT2D eigenvalue weighted by Gasteiger charge is -2.53. The second kappa shape index (κ2) is 7.63. The standard InChI is InChI=1S/C21H41N3/c1-6-19(9-10-21(5)15-24(16-21)17(2)3)23-13-20(14-23)22-11-7-8-18(4)12-22/h17-20H,6-16H2,1-5H3. The van der Waals surface area contributed by atoms with Crippen LogP contribution in [-0.4, -0.2) is 72.1 Å². The number of likely N-dealkylation sites (tertiary alicyclic amines) is 3. The predicted molar refractivity (Wildman–Crippen MR) is 103 cm³/mol. The SMILES string of the molecule is CCC(CCC1(C)CN(C(C)C)C1)N1CC(N2CCCC(C)C2)C1. The molecule has 3 fully saturated rings. The molecule has 0 aromatic rings. The van der Waals surface area contributed by atoms with Crippen molar-refractivity contribution in [2.75, 3.05) is 39.3 Å². The maximum absolute atomic E-state index is 2.78. The Morgan fingerprint density at radius 3 is 2.38 bits per heavy atom. The maximum Gasteiger partial charge on any atom is 0.0350 e. The highest BCUT2D eigenvalue weighted by molar-refractivity contribution is 4.96. The van der Waals surface area contributed by atoms with Gasteiger partial charge >= 0.3 is 0 Å². The molecule has 0 N–H and O–H groups in total. The van der Waals surface area contributed by atoms with Crippen LogP contribution < -0.4 is 0 Å². The molecular weight excluding hydrogens is 294 g/mol. The van der Waals surface area contributed by atoms with Crippen LogP contribution in [0.2, 0.25) is 0 Å². The lowest BCUT2D eigenvalue weighted by atomic mass is 9.76. The number of rotatable bonds is 7. The highest BCUT2D eigenvalue weighted by Crippen LogP contribution is 2.37. The second-order valence-electron chi connectivity index (χ2n) is 9.76. The van der Waals surface area contributed by atoms with Gasteiger partial charge < -0.3 is 0 Å². The van der Waals surface area contributed by atoms with Crippen molar-refractivity contribution in [3.05, 3.63) is 0 Å². The van der Waals surface area contributed by atoms with Crippen molar-refractivity contribution in [1.82, 2.24) is 14.7 Å². The van der Waals surface area contributed by atoms with Gasteiger partial charge in [0.15, 0.2) is 0 Å². The summed E-state index contributed by atoms with van der Waals surface area (Å²) in [6.07, 6.45) is 7.00. The van der Waals surface area contributed by atoms with Gasteiger partial charge in [0, 0.05) is 50.8 Å². The zero-order valence-electron chi connectivity index (χ0n) is 16.9. The van der Waals surface area contributed by atoms with Gasteiger partial charge in [-0.25, -0.2) is 0 Å². The molecule has 0 bridgehead atoms. The monoisotopic (exact) mass is 335 g/mol. The normalized spacial score (nSPS) is 31.0. The van der Waals surface area contributed by atoms with Crippen molar-refractivity contribution in [1.29, 1.82) is 0 Å². The summed E-state index contributed by atoms with van der Waals surface area (Å²) in [5.74, 6) is 0.914. The van der Waals surface area contributed by atoms with Gasteiger partial charge in [-0.3, -0.25) is 14.7 Å². The molecule has 3 heterocycles. The molecule has 0 aliphatic carbocycles.